The van der Waals surface area contributed by atoms with Gasteiger partial charge in [0.25, 0.3) is 0 Å². The van der Waals surface area contributed by atoms with Crippen LogP contribution in [0.1, 0.15) is 106 Å². The van der Waals surface area contributed by atoms with Gasteiger partial charge in [-0.2, -0.15) is 0 Å². The molecule has 7 aromatic rings. The van der Waals surface area contributed by atoms with Gasteiger partial charge in [0.1, 0.15) is 0 Å². The van der Waals surface area contributed by atoms with Crippen LogP contribution in [0.5, 0.6) is 0 Å². The number of nitrogens with zero attached hydrogens (tertiary/aromatic N) is 1. The Balaban J connectivity index is 1.03. The fourth-order valence-corrected chi connectivity index (χ4v) is 9.19. The number of hydrogen-bond donors (Lipinski definition) is 0. The summed E-state index contributed by atoms with van der Waals surface area (Å²) in [6.07, 6.45) is 15.7. The Hall–Kier alpha value is -5.86. The van der Waals surface area contributed by atoms with Crippen LogP contribution in [0.3, 0.4) is 0 Å². The summed E-state index contributed by atoms with van der Waals surface area (Å²) in [6.45, 7) is 16.8. The average molecular weight is 783 g/mol. The van der Waals surface area contributed by atoms with Gasteiger partial charge in [0.05, 0.1) is 0 Å². The van der Waals surface area contributed by atoms with Gasteiger partial charge >= 0.3 is 0 Å². The third-order valence-electron chi connectivity index (χ3n) is 12.5. The summed E-state index contributed by atoms with van der Waals surface area (Å²) in [5, 5.41) is 2.82. The van der Waals surface area contributed by atoms with Crippen molar-refractivity contribution in [2.75, 3.05) is 0 Å². The van der Waals surface area contributed by atoms with Gasteiger partial charge < -0.3 is 4.57 Å². The Morgan fingerprint density at radius 2 is 1.32 bits per heavy atom. The summed E-state index contributed by atoms with van der Waals surface area (Å²) in [5.41, 5.74) is 18.3. The summed E-state index contributed by atoms with van der Waals surface area (Å²) >= 11 is 0. The molecule has 0 saturated carbocycles. The second-order valence-electron chi connectivity index (χ2n) is 16.5. The quantitative estimate of drug-likeness (QED) is 0.0680. The maximum absolute atomic E-state index is 2.47. The van der Waals surface area contributed by atoms with Gasteiger partial charge in [0, 0.05) is 28.4 Å². The molecule has 0 N–H and O–H groups in total. The molecule has 0 aliphatic rings. The van der Waals surface area contributed by atoms with E-state index in [1.54, 1.807) is 0 Å². The van der Waals surface area contributed by atoms with Crippen LogP contribution in [-0.2, 0) is 6.54 Å². The Bertz CT molecular complexity index is 2630. The van der Waals surface area contributed by atoms with Gasteiger partial charge in [0.15, 0.2) is 7.28 Å². The smallest absolute Gasteiger partial charge is 0.186 e. The van der Waals surface area contributed by atoms with Crippen molar-refractivity contribution in [1.29, 1.82) is 0 Å². The van der Waals surface area contributed by atoms with Gasteiger partial charge in [-0.3, -0.25) is 0 Å². The lowest BCUT2D eigenvalue weighted by molar-refractivity contribution is 0.537. The lowest BCUT2D eigenvalue weighted by Crippen LogP contribution is -2.22. The van der Waals surface area contributed by atoms with Gasteiger partial charge in [-0.15, -0.1) is 5.47 Å². The number of allylic oxidation sites excluding steroid dienone is 8. The van der Waals surface area contributed by atoms with Crippen LogP contribution in [0.25, 0.3) is 44.1 Å². The number of benzene rings is 6. The lowest BCUT2D eigenvalue weighted by atomic mass is 9.60. The first-order chi connectivity index (χ1) is 29.3. The zero-order chi connectivity index (χ0) is 42.0. The topological polar surface area (TPSA) is 4.93 Å². The minimum Gasteiger partial charge on any atom is -0.341 e. The van der Waals surface area contributed by atoms with E-state index in [-0.39, 0.29) is 0 Å². The summed E-state index contributed by atoms with van der Waals surface area (Å²) in [5.74, 6) is 1.02. The Kier molecular flexibility index (Phi) is 14.0. The molecule has 0 aliphatic heterocycles. The number of hydrogen-bond acceptors (Lipinski definition) is 0. The van der Waals surface area contributed by atoms with Crippen LogP contribution in [0.15, 0.2) is 175 Å². The summed E-state index contributed by atoms with van der Waals surface area (Å²) in [7, 11) is 2.35. The first kappa shape index (κ1) is 42.3. The predicted molar refractivity (Wildman–Crippen MR) is 265 cm³/mol. The molecule has 60 heavy (non-hydrogen) atoms. The Morgan fingerprint density at radius 1 is 0.683 bits per heavy atom. The molecule has 1 aromatic heterocycles. The highest BCUT2D eigenvalue weighted by atomic mass is 15.0. The molecule has 0 spiro atoms. The van der Waals surface area contributed by atoms with Crippen LogP contribution >= 0.6 is 0 Å². The van der Waals surface area contributed by atoms with E-state index in [4.69, 9.17) is 0 Å². The fourth-order valence-electron chi connectivity index (χ4n) is 9.19. The standard InChI is InChI=1S/C58H61BN/c1-8-45(47-23-13-11-14-24-47)22-17-18-27-51(48-25-15-12-16-26-48)40-44(7)59-58-42(5)38-52(39-43(58)6)50-36-34-49(35-37-50)46(9-2)33-32-41(4)53-29-21-31-56-57(53)54-28-19-20-30-55(54)60(56)10-3/h8,11-17,19-31,34-41,46H,9-10,18,32-33H2,1-7H3. The minimum atomic E-state index is 0.484. The third-order valence-corrected chi connectivity index (χ3v) is 12.5. The molecule has 0 saturated heterocycles. The number of rotatable bonds is 16. The number of para-hydroxylation sites is 1. The molecule has 301 valence electrons. The summed E-state index contributed by atoms with van der Waals surface area (Å²) < 4.78 is 2.47. The van der Waals surface area contributed by atoms with Crippen LogP contribution in [0, 0.1) is 13.8 Å². The van der Waals surface area contributed by atoms with Crippen molar-refractivity contribution in [1.82, 2.24) is 4.57 Å². The van der Waals surface area contributed by atoms with E-state index < -0.39 is 0 Å². The van der Waals surface area contributed by atoms with E-state index in [1.807, 2.05) is 0 Å². The third kappa shape index (κ3) is 9.61. The van der Waals surface area contributed by atoms with Crippen molar-refractivity contribution in [3.8, 4) is 11.1 Å². The molecule has 6 aromatic carbocycles. The van der Waals surface area contributed by atoms with Crippen molar-refractivity contribution in [2.45, 2.75) is 92.5 Å². The highest BCUT2D eigenvalue weighted by Gasteiger charge is 2.19. The number of aryl methyl sites for hydroxylation is 3. The normalized spacial score (nSPS) is 13.7. The molecule has 2 heteroatoms. The second-order valence-corrected chi connectivity index (χ2v) is 16.5. The molecule has 7 rings (SSSR count). The molecule has 0 bridgehead atoms. The van der Waals surface area contributed by atoms with Crippen molar-refractivity contribution in [2.24, 2.45) is 0 Å². The molecule has 1 nitrogen and oxygen atoms in total. The van der Waals surface area contributed by atoms with Gasteiger partial charge in [-0.1, -0.05) is 195 Å². The van der Waals surface area contributed by atoms with Crippen LogP contribution in [0.4, 0.5) is 0 Å². The Labute approximate surface area is 361 Å². The predicted octanol–water partition coefficient (Wildman–Crippen LogP) is 15.5. The molecule has 0 fully saturated rings. The molecule has 1 heterocycles. The Morgan fingerprint density at radius 3 is 1.97 bits per heavy atom. The number of aromatic nitrogens is 1. The van der Waals surface area contributed by atoms with Crippen molar-refractivity contribution < 1.29 is 0 Å². The van der Waals surface area contributed by atoms with Crippen molar-refractivity contribution in [3.05, 3.63) is 209 Å². The molecule has 0 aliphatic carbocycles. The first-order valence-electron chi connectivity index (χ1n) is 22.2. The summed E-state index contributed by atoms with van der Waals surface area (Å²) in [6, 6.07) is 51.4. The van der Waals surface area contributed by atoms with E-state index in [2.05, 4.69) is 230 Å². The highest BCUT2D eigenvalue weighted by Crippen LogP contribution is 2.38. The molecule has 1 radical (unpaired) electrons. The van der Waals surface area contributed by atoms with E-state index in [0.29, 0.717) is 11.8 Å². The van der Waals surface area contributed by atoms with E-state index in [0.717, 1.165) is 19.4 Å². The zero-order valence-electron chi connectivity index (χ0n) is 36.9. The van der Waals surface area contributed by atoms with E-state index in [9.17, 15) is 0 Å². The van der Waals surface area contributed by atoms with Gasteiger partial charge in [0.2, 0.25) is 0 Å². The molecular weight excluding hydrogens is 721 g/mol. The maximum Gasteiger partial charge on any atom is 0.186 e. The SMILES string of the molecule is CC=C(C=CCC=C(C=C(C)[B]c1c(C)cc(-c2ccc(C(CC)CCC(C)c3cccc4c3c3ccccc3n4CC)cc2)cc1C)c1ccccc1)c1ccccc1. The van der Waals surface area contributed by atoms with Crippen molar-refractivity contribution in [3.63, 3.8) is 0 Å². The van der Waals surface area contributed by atoms with Crippen LogP contribution in [-0.4, -0.2) is 11.8 Å². The second kappa shape index (κ2) is 19.9. The highest BCUT2D eigenvalue weighted by molar-refractivity contribution is 6.62. The molecule has 2 unspecified atom stereocenters. The van der Waals surface area contributed by atoms with Crippen molar-refractivity contribution >= 4 is 45.7 Å². The number of fused-ring (bicyclic) bond motifs is 3. The zero-order valence-corrected chi connectivity index (χ0v) is 36.9. The summed E-state index contributed by atoms with van der Waals surface area (Å²) in [4.78, 5) is 0. The van der Waals surface area contributed by atoms with Crippen LogP contribution in [0.2, 0.25) is 0 Å². The largest absolute Gasteiger partial charge is 0.341 e. The monoisotopic (exact) mass is 782 g/mol. The maximum atomic E-state index is 2.47. The van der Waals surface area contributed by atoms with E-state index >= 15 is 0 Å². The first-order valence-corrected chi connectivity index (χ1v) is 22.2. The average Bonchev–Trinajstić information content (AvgIpc) is 3.62. The van der Waals surface area contributed by atoms with E-state index in [1.165, 1.54) is 101 Å². The molecule has 2 atom stereocenters. The fraction of sp³-hybridized carbons (Fsp3) is 0.241. The van der Waals surface area contributed by atoms with Gasteiger partial charge in [-0.05, 0) is 122 Å². The van der Waals surface area contributed by atoms with Crippen LogP contribution < -0.4 is 5.46 Å². The minimum absolute atomic E-state index is 0.484. The van der Waals surface area contributed by atoms with Gasteiger partial charge in [-0.25, -0.2) is 0 Å². The molecular formula is C58H61BN. The molecule has 0 amide bonds. The lowest BCUT2D eigenvalue weighted by Gasteiger charge is -2.20.